The molecule has 0 aromatic heterocycles. The second-order valence-electron chi connectivity index (χ2n) is 7.31. The first-order valence-electron chi connectivity index (χ1n) is 9.09. The van der Waals surface area contributed by atoms with Gasteiger partial charge in [-0.15, -0.1) is 0 Å². The fourth-order valence-electron chi connectivity index (χ4n) is 2.40. The third-order valence-corrected chi connectivity index (χ3v) is 4.09. The molecule has 0 aliphatic carbocycles. The Labute approximate surface area is 149 Å². The fourth-order valence-corrected chi connectivity index (χ4v) is 2.40. The minimum atomic E-state index is -0.198. The Morgan fingerprint density at radius 3 is 1.42 bits per heavy atom. The SMILES string of the molecule is CC(C)=CCC/C(C)=C/CC(C/C=C(\C)CCC=C(C)C)C(N)=O. The molecule has 0 heterocycles. The number of carbonyl (C=O) groups is 1. The van der Waals surface area contributed by atoms with Crippen LogP contribution in [0.2, 0.25) is 0 Å². The number of hydrogen-bond acceptors (Lipinski definition) is 1. The lowest BCUT2D eigenvalue weighted by Gasteiger charge is -2.10. The van der Waals surface area contributed by atoms with Crippen molar-refractivity contribution in [2.45, 2.75) is 80.1 Å². The van der Waals surface area contributed by atoms with Crippen LogP contribution in [0.1, 0.15) is 80.1 Å². The van der Waals surface area contributed by atoms with Gasteiger partial charge in [0.2, 0.25) is 5.91 Å². The summed E-state index contributed by atoms with van der Waals surface area (Å²) in [6, 6.07) is 0. The molecule has 2 N–H and O–H groups in total. The van der Waals surface area contributed by atoms with Crippen LogP contribution in [0.3, 0.4) is 0 Å². The Morgan fingerprint density at radius 2 is 1.12 bits per heavy atom. The lowest BCUT2D eigenvalue weighted by atomic mass is 9.96. The molecule has 0 saturated carbocycles. The van der Waals surface area contributed by atoms with Crippen LogP contribution >= 0.6 is 0 Å². The number of primary amides is 1. The molecule has 136 valence electrons. The van der Waals surface area contributed by atoms with Crippen LogP contribution in [0, 0.1) is 5.92 Å². The van der Waals surface area contributed by atoms with Crippen LogP contribution in [0.15, 0.2) is 46.6 Å². The maximum Gasteiger partial charge on any atom is 0.221 e. The number of amides is 1. The van der Waals surface area contributed by atoms with Crippen LogP contribution in [0.25, 0.3) is 0 Å². The van der Waals surface area contributed by atoms with Gasteiger partial charge in [-0.1, -0.05) is 46.6 Å². The molecule has 0 bridgehead atoms. The van der Waals surface area contributed by atoms with E-state index in [0.29, 0.717) is 0 Å². The Kier molecular flexibility index (Phi) is 12.0. The largest absolute Gasteiger partial charge is 0.369 e. The Balaban J connectivity index is 4.47. The van der Waals surface area contributed by atoms with Crippen molar-refractivity contribution < 1.29 is 4.79 Å². The highest BCUT2D eigenvalue weighted by molar-refractivity contribution is 5.77. The zero-order valence-corrected chi connectivity index (χ0v) is 16.6. The highest BCUT2D eigenvalue weighted by Gasteiger charge is 2.12. The van der Waals surface area contributed by atoms with Crippen molar-refractivity contribution in [3.8, 4) is 0 Å². The number of hydrogen-bond donors (Lipinski definition) is 1. The van der Waals surface area contributed by atoms with Crippen molar-refractivity contribution in [1.82, 2.24) is 0 Å². The summed E-state index contributed by atoms with van der Waals surface area (Å²) in [6.45, 7) is 12.8. The summed E-state index contributed by atoms with van der Waals surface area (Å²) in [5.41, 5.74) is 11.0. The van der Waals surface area contributed by atoms with Crippen LogP contribution < -0.4 is 5.73 Å². The third-order valence-electron chi connectivity index (χ3n) is 4.09. The van der Waals surface area contributed by atoms with E-state index in [0.717, 1.165) is 38.5 Å². The molecule has 24 heavy (non-hydrogen) atoms. The van der Waals surface area contributed by atoms with Crippen molar-refractivity contribution in [3.05, 3.63) is 46.6 Å². The van der Waals surface area contributed by atoms with Gasteiger partial charge in [-0.25, -0.2) is 0 Å². The van der Waals surface area contributed by atoms with Crippen LogP contribution in [-0.4, -0.2) is 5.91 Å². The van der Waals surface area contributed by atoms with Crippen LogP contribution in [-0.2, 0) is 4.79 Å². The first-order valence-corrected chi connectivity index (χ1v) is 9.09. The molecule has 0 aromatic carbocycles. The van der Waals surface area contributed by atoms with Gasteiger partial charge < -0.3 is 5.73 Å². The van der Waals surface area contributed by atoms with E-state index >= 15 is 0 Å². The summed E-state index contributed by atoms with van der Waals surface area (Å²) in [4.78, 5) is 11.7. The molecule has 0 atom stereocenters. The topological polar surface area (TPSA) is 43.1 Å². The van der Waals surface area contributed by atoms with Crippen molar-refractivity contribution >= 4 is 5.91 Å². The zero-order valence-electron chi connectivity index (χ0n) is 16.6. The Bertz CT molecular complexity index is 458. The van der Waals surface area contributed by atoms with Crippen molar-refractivity contribution in [2.75, 3.05) is 0 Å². The fraction of sp³-hybridized carbons (Fsp3) is 0.591. The quantitative estimate of drug-likeness (QED) is 0.446. The maximum absolute atomic E-state index is 11.7. The summed E-state index contributed by atoms with van der Waals surface area (Å²) in [7, 11) is 0. The van der Waals surface area contributed by atoms with E-state index in [1.54, 1.807) is 0 Å². The van der Waals surface area contributed by atoms with E-state index < -0.39 is 0 Å². The van der Waals surface area contributed by atoms with Gasteiger partial charge >= 0.3 is 0 Å². The second-order valence-corrected chi connectivity index (χ2v) is 7.31. The monoisotopic (exact) mass is 331 g/mol. The standard InChI is InChI=1S/C22H37NO/c1-17(2)9-7-11-19(5)13-15-21(22(23)24)16-14-20(6)12-8-10-18(3)4/h9-10,13-14,21H,7-8,11-12,15-16H2,1-6H3,(H2,23,24)/b19-13+,20-14+. The lowest BCUT2D eigenvalue weighted by molar-refractivity contribution is -0.121. The smallest absolute Gasteiger partial charge is 0.221 e. The highest BCUT2D eigenvalue weighted by atomic mass is 16.1. The predicted octanol–water partition coefficient (Wildman–Crippen LogP) is 6.25. The minimum Gasteiger partial charge on any atom is -0.369 e. The van der Waals surface area contributed by atoms with E-state index in [1.807, 2.05) is 0 Å². The van der Waals surface area contributed by atoms with Gasteiger partial charge in [0.15, 0.2) is 0 Å². The second kappa shape index (κ2) is 12.8. The first kappa shape index (κ1) is 22.4. The molecule has 0 aliphatic rings. The molecule has 0 rings (SSSR count). The number of allylic oxidation sites excluding steroid dienone is 8. The molecule has 0 radical (unpaired) electrons. The predicted molar refractivity (Wildman–Crippen MR) is 107 cm³/mol. The van der Waals surface area contributed by atoms with Gasteiger partial charge in [-0.2, -0.15) is 0 Å². The summed E-state index contributed by atoms with van der Waals surface area (Å²) in [6.07, 6.45) is 14.6. The van der Waals surface area contributed by atoms with Gasteiger partial charge in [-0.3, -0.25) is 4.79 Å². The Morgan fingerprint density at radius 1 is 0.750 bits per heavy atom. The molecule has 0 aromatic rings. The first-order chi connectivity index (χ1) is 11.2. The normalized spacial score (nSPS) is 13.4. The molecule has 0 unspecified atom stereocenters. The lowest BCUT2D eigenvalue weighted by Crippen LogP contribution is -2.22. The minimum absolute atomic E-state index is 0.0955. The van der Waals surface area contributed by atoms with E-state index in [4.69, 9.17) is 5.73 Å². The van der Waals surface area contributed by atoms with Gasteiger partial charge in [0.1, 0.15) is 0 Å². The molecule has 2 heteroatoms. The van der Waals surface area contributed by atoms with Gasteiger partial charge in [-0.05, 0) is 80.1 Å². The van der Waals surface area contributed by atoms with E-state index in [2.05, 4.69) is 65.8 Å². The molecule has 0 aliphatic heterocycles. The molecular formula is C22H37NO. The zero-order chi connectivity index (χ0) is 18.5. The molecule has 2 nitrogen and oxygen atoms in total. The molecule has 0 fully saturated rings. The van der Waals surface area contributed by atoms with Crippen molar-refractivity contribution in [2.24, 2.45) is 11.7 Å². The molecule has 0 spiro atoms. The number of carbonyl (C=O) groups excluding carboxylic acids is 1. The average molecular weight is 332 g/mol. The van der Waals surface area contributed by atoms with Crippen molar-refractivity contribution in [3.63, 3.8) is 0 Å². The van der Waals surface area contributed by atoms with Crippen molar-refractivity contribution in [1.29, 1.82) is 0 Å². The molecule has 1 amide bonds. The average Bonchev–Trinajstić information content (AvgIpc) is 2.45. The summed E-state index contributed by atoms with van der Waals surface area (Å²) in [5, 5.41) is 0. The van der Waals surface area contributed by atoms with E-state index in [-0.39, 0.29) is 11.8 Å². The summed E-state index contributed by atoms with van der Waals surface area (Å²) in [5.74, 6) is -0.293. The van der Waals surface area contributed by atoms with Crippen LogP contribution in [0.4, 0.5) is 0 Å². The Hall–Kier alpha value is -1.57. The van der Waals surface area contributed by atoms with E-state index in [9.17, 15) is 4.79 Å². The van der Waals surface area contributed by atoms with Gasteiger partial charge in [0.05, 0.1) is 0 Å². The van der Waals surface area contributed by atoms with Gasteiger partial charge in [0, 0.05) is 5.92 Å². The maximum atomic E-state index is 11.7. The van der Waals surface area contributed by atoms with E-state index in [1.165, 1.54) is 22.3 Å². The van der Waals surface area contributed by atoms with Gasteiger partial charge in [0.25, 0.3) is 0 Å². The van der Waals surface area contributed by atoms with Crippen LogP contribution in [0.5, 0.6) is 0 Å². The third kappa shape index (κ3) is 12.9. The molecular weight excluding hydrogens is 294 g/mol. The summed E-state index contributed by atoms with van der Waals surface area (Å²) < 4.78 is 0. The summed E-state index contributed by atoms with van der Waals surface area (Å²) >= 11 is 0. The molecule has 0 saturated heterocycles. The number of nitrogens with two attached hydrogens (primary N) is 1. The number of rotatable bonds is 11. The highest BCUT2D eigenvalue weighted by Crippen LogP contribution is 2.17.